The largest absolute Gasteiger partial charge is 0.466 e. The highest BCUT2D eigenvalue weighted by Crippen LogP contribution is 2.49. The van der Waals surface area contributed by atoms with E-state index in [-0.39, 0.29) is 5.97 Å². The smallest absolute Gasteiger partial charge is 0.302 e. The van der Waals surface area contributed by atoms with Crippen molar-refractivity contribution >= 4 is 16.0 Å². The van der Waals surface area contributed by atoms with Crippen LogP contribution in [0.15, 0.2) is 12.2 Å². The summed E-state index contributed by atoms with van der Waals surface area (Å²) < 4.78 is 5.02. The minimum Gasteiger partial charge on any atom is -0.466 e. The van der Waals surface area contributed by atoms with Crippen molar-refractivity contribution < 1.29 is 9.53 Å². The average Bonchev–Trinajstić information content (AvgIpc) is 2.33. The molecule has 1 aliphatic heterocycles. The van der Waals surface area contributed by atoms with E-state index in [1.807, 2.05) is 0 Å². The normalized spacial score (nSPS) is 36.9. The summed E-state index contributed by atoms with van der Waals surface area (Å²) in [7, 11) is -0.527. The van der Waals surface area contributed by atoms with Crippen LogP contribution in [0.3, 0.4) is 0 Å². The van der Waals surface area contributed by atoms with Crippen molar-refractivity contribution in [3.05, 3.63) is 12.2 Å². The molecular formula is C14H26O2S. The quantitative estimate of drug-likeness (QED) is 0.440. The highest BCUT2D eigenvalue weighted by Gasteiger charge is 2.24. The molecule has 0 aromatic rings. The van der Waals surface area contributed by atoms with Gasteiger partial charge in [-0.25, -0.2) is 10.0 Å². The molecule has 0 aromatic carbocycles. The first-order valence-electron chi connectivity index (χ1n) is 6.44. The van der Waals surface area contributed by atoms with E-state index in [4.69, 9.17) is 4.74 Å². The molecule has 3 heteroatoms. The fraction of sp³-hybridized carbons (Fsp3) is 0.786. The van der Waals surface area contributed by atoms with Gasteiger partial charge in [-0.05, 0) is 41.8 Å². The fourth-order valence-electron chi connectivity index (χ4n) is 2.62. The van der Waals surface area contributed by atoms with Crippen molar-refractivity contribution in [1.29, 1.82) is 0 Å². The van der Waals surface area contributed by atoms with E-state index < -0.39 is 10.0 Å². The topological polar surface area (TPSA) is 26.3 Å². The maximum Gasteiger partial charge on any atom is 0.302 e. The average molecular weight is 258 g/mol. The first kappa shape index (κ1) is 14.6. The molecule has 0 aliphatic carbocycles. The number of carbonyl (C=O) groups excluding carboxylic acids is 1. The lowest BCUT2D eigenvalue weighted by atomic mass is 10.1. The van der Waals surface area contributed by atoms with Crippen LogP contribution in [0.4, 0.5) is 0 Å². The van der Waals surface area contributed by atoms with E-state index in [2.05, 4.69) is 32.3 Å². The Bertz CT molecular complexity index is 272. The molecule has 2 atom stereocenters. The Balaban J connectivity index is 2.41. The van der Waals surface area contributed by atoms with E-state index in [1.165, 1.54) is 24.2 Å². The van der Waals surface area contributed by atoms with Crippen molar-refractivity contribution in [2.45, 2.75) is 27.2 Å². The van der Waals surface area contributed by atoms with E-state index >= 15 is 0 Å². The second kappa shape index (κ2) is 6.48. The molecule has 0 bridgehead atoms. The van der Waals surface area contributed by atoms with Crippen LogP contribution in [0.25, 0.3) is 0 Å². The summed E-state index contributed by atoms with van der Waals surface area (Å²) >= 11 is 0. The van der Waals surface area contributed by atoms with Gasteiger partial charge in [-0.15, -0.1) is 0 Å². The second-order valence-corrected chi connectivity index (χ2v) is 9.58. The molecule has 1 rings (SSSR count). The van der Waals surface area contributed by atoms with Crippen LogP contribution in [0, 0.1) is 11.8 Å². The molecule has 0 saturated carbocycles. The Morgan fingerprint density at radius 3 is 2.29 bits per heavy atom. The highest BCUT2D eigenvalue weighted by atomic mass is 32.3. The van der Waals surface area contributed by atoms with Gasteiger partial charge in [0.1, 0.15) is 0 Å². The number of rotatable bonds is 4. The van der Waals surface area contributed by atoms with Gasteiger partial charge < -0.3 is 4.74 Å². The predicted octanol–water partition coefficient (Wildman–Crippen LogP) is 3.22. The van der Waals surface area contributed by atoms with Crippen molar-refractivity contribution in [3.63, 3.8) is 0 Å². The Morgan fingerprint density at radius 1 is 1.29 bits per heavy atom. The van der Waals surface area contributed by atoms with Crippen LogP contribution in [-0.2, 0) is 9.53 Å². The van der Waals surface area contributed by atoms with Gasteiger partial charge in [-0.1, -0.05) is 26.0 Å². The third-order valence-electron chi connectivity index (χ3n) is 3.19. The molecule has 0 aromatic heterocycles. The van der Waals surface area contributed by atoms with E-state index in [0.717, 1.165) is 6.42 Å². The predicted molar refractivity (Wildman–Crippen MR) is 76.8 cm³/mol. The van der Waals surface area contributed by atoms with Crippen LogP contribution < -0.4 is 0 Å². The zero-order valence-electron chi connectivity index (χ0n) is 11.6. The maximum absolute atomic E-state index is 10.7. The van der Waals surface area contributed by atoms with E-state index in [9.17, 15) is 4.79 Å². The van der Waals surface area contributed by atoms with Gasteiger partial charge >= 0.3 is 5.97 Å². The van der Waals surface area contributed by atoms with Crippen molar-refractivity contribution in [2.75, 3.05) is 30.1 Å². The third kappa shape index (κ3) is 5.62. The molecule has 100 valence electrons. The molecule has 0 spiro atoms. The first-order chi connectivity index (χ1) is 7.91. The van der Waals surface area contributed by atoms with Crippen molar-refractivity contribution in [1.82, 2.24) is 0 Å². The fourth-order valence-corrected chi connectivity index (χ4v) is 6.66. The Hall–Kier alpha value is -0.440. The van der Waals surface area contributed by atoms with Gasteiger partial charge in [0.2, 0.25) is 0 Å². The van der Waals surface area contributed by atoms with E-state index in [1.54, 1.807) is 0 Å². The molecule has 1 aliphatic rings. The van der Waals surface area contributed by atoms with Crippen LogP contribution in [0.5, 0.6) is 0 Å². The van der Waals surface area contributed by atoms with Crippen LogP contribution in [0.2, 0.25) is 0 Å². The van der Waals surface area contributed by atoms with Gasteiger partial charge in [0.25, 0.3) is 0 Å². The lowest BCUT2D eigenvalue weighted by Gasteiger charge is -2.38. The summed E-state index contributed by atoms with van der Waals surface area (Å²) in [4.78, 5) is 10.7. The van der Waals surface area contributed by atoms with E-state index in [0.29, 0.717) is 18.4 Å². The minimum atomic E-state index is -0.527. The second-order valence-electron chi connectivity index (χ2n) is 5.55. The summed E-state index contributed by atoms with van der Waals surface area (Å²) in [5.74, 6) is 5.13. The van der Waals surface area contributed by atoms with Gasteiger partial charge in [-0.3, -0.25) is 4.79 Å². The van der Waals surface area contributed by atoms with Crippen molar-refractivity contribution in [3.8, 4) is 0 Å². The van der Waals surface area contributed by atoms with Crippen molar-refractivity contribution in [2.24, 2.45) is 11.8 Å². The monoisotopic (exact) mass is 258 g/mol. The Morgan fingerprint density at radius 2 is 1.82 bits per heavy atom. The van der Waals surface area contributed by atoms with Crippen LogP contribution in [0.1, 0.15) is 27.2 Å². The summed E-state index contributed by atoms with van der Waals surface area (Å²) in [6, 6.07) is 0. The molecule has 1 heterocycles. The lowest BCUT2D eigenvalue weighted by Crippen LogP contribution is -2.18. The zero-order valence-corrected chi connectivity index (χ0v) is 12.4. The third-order valence-corrected chi connectivity index (χ3v) is 7.12. The Labute approximate surface area is 107 Å². The number of ether oxygens (including phenoxy) is 1. The zero-order chi connectivity index (χ0) is 12.9. The molecule has 0 radical (unpaired) electrons. The maximum atomic E-state index is 10.7. The first-order valence-corrected chi connectivity index (χ1v) is 8.99. The number of hydrogen-bond acceptors (Lipinski definition) is 2. The molecule has 0 amide bonds. The summed E-state index contributed by atoms with van der Waals surface area (Å²) in [6.45, 7) is 6.69. The molecule has 0 N–H and O–H groups in total. The summed E-state index contributed by atoms with van der Waals surface area (Å²) in [6.07, 6.45) is 8.22. The molecule has 0 saturated heterocycles. The molecular weight excluding hydrogens is 232 g/mol. The summed E-state index contributed by atoms with van der Waals surface area (Å²) in [5, 5.41) is 0. The number of allylic oxidation sites excluding steroid dienone is 2. The minimum absolute atomic E-state index is 0.158. The van der Waals surface area contributed by atoms with Gasteiger partial charge in [0.15, 0.2) is 0 Å². The van der Waals surface area contributed by atoms with Gasteiger partial charge in [0, 0.05) is 6.92 Å². The molecule has 2 unspecified atom stereocenters. The SMILES string of the molecule is CC(=O)OCCCS1(C)CC(C)C=CC(C)C1. The molecule has 0 fully saturated rings. The molecule has 2 nitrogen and oxygen atoms in total. The summed E-state index contributed by atoms with van der Waals surface area (Å²) in [5.41, 5.74) is 0. The number of carbonyl (C=O) groups is 1. The standard InChI is InChI=1S/C14H26O2S/c1-12-6-7-13(2)11-17(4,10-12)9-5-8-16-14(3)15/h6-7,12-13H,5,8-11H2,1-4H3. The number of esters is 1. The molecule has 17 heavy (non-hydrogen) atoms. The van der Waals surface area contributed by atoms with Crippen LogP contribution >= 0.6 is 10.0 Å². The lowest BCUT2D eigenvalue weighted by molar-refractivity contribution is -0.140. The van der Waals surface area contributed by atoms with Crippen LogP contribution in [-0.4, -0.2) is 36.1 Å². The Kier molecular flexibility index (Phi) is 5.57. The highest BCUT2D eigenvalue weighted by molar-refractivity contribution is 8.33. The van der Waals surface area contributed by atoms with Gasteiger partial charge in [-0.2, -0.15) is 0 Å². The number of hydrogen-bond donors (Lipinski definition) is 0. The van der Waals surface area contributed by atoms with Gasteiger partial charge in [0.05, 0.1) is 6.61 Å².